The van der Waals surface area contributed by atoms with Crippen molar-refractivity contribution < 1.29 is 9.15 Å². The van der Waals surface area contributed by atoms with Gasteiger partial charge in [-0.1, -0.05) is 12.1 Å². The lowest BCUT2D eigenvalue weighted by molar-refractivity contribution is 0.0259. The third kappa shape index (κ3) is 2.96. The molecule has 1 aliphatic rings. The maximum Gasteiger partial charge on any atom is 0.138 e. The molecule has 0 saturated carbocycles. The highest BCUT2D eigenvalue weighted by molar-refractivity contribution is 5.37. The van der Waals surface area contributed by atoms with Crippen LogP contribution in [-0.4, -0.2) is 22.6 Å². The van der Waals surface area contributed by atoms with Crippen molar-refractivity contribution in [2.75, 3.05) is 13.2 Å². The Balaban J connectivity index is 1.55. The van der Waals surface area contributed by atoms with Crippen LogP contribution in [-0.2, 0) is 11.3 Å². The van der Waals surface area contributed by atoms with Crippen LogP contribution < -0.4 is 0 Å². The van der Waals surface area contributed by atoms with Crippen molar-refractivity contribution in [2.24, 2.45) is 0 Å². The molecule has 0 amide bonds. The molecule has 4 heteroatoms. The van der Waals surface area contributed by atoms with Gasteiger partial charge in [0.1, 0.15) is 12.0 Å². The smallest absolute Gasteiger partial charge is 0.138 e. The predicted molar refractivity (Wildman–Crippen MR) is 88.3 cm³/mol. The van der Waals surface area contributed by atoms with E-state index in [-0.39, 0.29) is 6.23 Å². The monoisotopic (exact) mass is 308 g/mol. The molecule has 23 heavy (non-hydrogen) atoms. The normalized spacial score (nSPS) is 18.6. The molecule has 1 saturated heterocycles. The maximum atomic E-state index is 5.94. The molecule has 2 aromatic heterocycles. The number of aryl methyl sites for hydroxylation is 1. The zero-order valence-electron chi connectivity index (χ0n) is 13.2. The average Bonchev–Trinajstić information content (AvgIpc) is 3.29. The zero-order valence-corrected chi connectivity index (χ0v) is 13.2. The largest absolute Gasteiger partial charge is 0.468 e. The molecular formula is C19H20N2O2. The number of furan rings is 1. The lowest BCUT2D eigenvalue weighted by atomic mass is 10.2. The van der Waals surface area contributed by atoms with Gasteiger partial charge in [-0.3, -0.25) is 4.90 Å². The molecule has 0 aliphatic carbocycles. The van der Waals surface area contributed by atoms with Crippen LogP contribution in [0.2, 0.25) is 0 Å². The lowest BCUT2D eigenvalue weighted by Crippen LogP contribution is -2.22. The third-order valence-electron chi connectivity index (χ3n) is 4.23. The number of rotatable bonds is 4. The molecule has 1 atom stereocenters. The van der Waals surface area contributed by atoms with Crippen molar-refractivity contribution in [1.82, 2.24) is 9.47 Å². The molecule has 4 rings (SSSR count). The van der Waals surface area contributed by atoms with Crippen molar-refractivity contribution >= 4 is 0 Å². The summed E-state index contributed by atoms with van der Waals surface area (Å²) in [4.78, 5) is 2.30. The van der Waals surface area contributed by atoms with Crippen LogP contribution >= 0.6 is 0 Å². The number of hydrogen-bond acceptors (Lipinski definition) is 3. The quantitative estimate of drug-likeness (QED) is 0.732. The first kappa shape index (κ1) is 14.3. The van der Waals surface area contributed by atoms with Gasteiger partial charge >= 0.3 is 0 Å². The van der Waals surface area contributed by atoms with Gasteiger partial charge in [0.05, 0.1) is 19.4 Å². The third-order valence-corrected chi connectivity index (χ3v) is 4.23. The van der Waals surface area contributed by atoms with Crippen LogP contribution in [0.3, 0.4) is 0 Å². The first-order chi connectivity index (χ1) is 11.3. The minimum Gasteiger partial charge on any atom is -0.468 e. The van der Waals surface area contributed by atoms with E-state index in [1.165, 1.54) is 16.8 Å². The topological polar surface area (TPSA) is 30.5 Å². The Kier molecular flexibility index (Phi) is 3.77. The summed E-state index contributed by atoms with van der Waals surface area (Å²) < 4.78 is 13.6. The molecule has 0 radical (unpaired) electrons. The second-order valence-corrected chi connectivity index (χ2v) is 5.96. The number of ether oxygens (including phenoxy) is 1. The second-order valence-electron chi connectivity index (χ2n) is 5.96. The summed E-state index contributed by atoms with van der Waals surface area (Å²) in [6.45, 7) is 4.55. The van der Waals surface area contributed by atoms with Gasteiger partial charge in [0.25, 0.3) is 0 Å². The fraction of sp³-hybridized carbons (Fsp3) is 0.263. The van der Waals surface area contributed by atoms with Crippen LogP contribution in [0.4, 0.5) is 0 Å². The van der Waals surface area contributed by atoms with Gasteiger partial charge in [0, 0.05) is 30.2 Å². The van der Waals surface area contributed by atoms with Gasteiger partial charge < -0.3 is 13.7 Å². The molecular weight excluding hydrogens is 288 g/mol. The van der Waals surface area contributed by atoms with Crippen LogP contribution in [0.5, 0.6) is 0 Å². The summed E-state index contributed by atoms with van der Waals surface area (Å²) in [6.07, 6.45) is 5.96. The highest BCUT2D eigenvalue weighted by Gasteiger charge is 2.28. The highest BCUT2D eigenvalue weighted by Crippen LogP contribution is 2.29. The van der Waals surface area contributed by atoms with Crippen LogP contribution in [0.15, 0.2) is 65.5 Å². The molecule has 0 spiro atoms. The first-order valence-electron chi connectivity index (χ1n) is 7.92. The van der Waals surface area contributed by atoms with Crippen molar-refractivity contribution in [2.45, 2.75) is 19.7 Å². The van der Waals surface area contributed by atoms with Gasteiger partial charge in [-0.05, 0) is 42.8 Å². The summed E-state index contributed by atoms with van der Waals surface area (Å²) in [7, 11) is 0. The van der Waals surface area contributed by atoms with Crippen molar-refractivity contribution in [3.05, 3.63) is 78.0 Å². The van der Waals surface area contributed by atoms with E-state index in [4.69, 9.17) is 9.15 Å². The zero-order chi connectivity index (χ0) is 15.6. The average molecular weight is 308 g/mol. The van der Waals surface area contributed by atoms with Crippen molar-refractivity contribution in [3.63, 3.8) is 0 Å². The molecule has 3 heterocycles. The van der Waals surface area contributed by atoms with E-state index in [1.807, 2.05) is 12.1 Å². The summed E-state index contributed by atoms with van der Waals surface area (Å²) in [5.74, 6) is 0.971. The first-order valence-corrected chi connectivity index (χ1v) is 7.92. The lowest BCUT2D eigenvalue weighted by Gasteiger charge is -2.21. The molecule has 118 valence electrons. The molecule has 1 fully saturated rings. The van der Waals surface area contributed by atoms with E-state index < -0.39 is 0 Å². The van der Waals surface area contributed by atoms with Gasteiger partial charge in [-0.25, -0.2) is 0 Å². The number of aromatic nitrogens is 1. The minimum atomic E-state index is -0.00819. The Bertz CT molecular complexity index is 776. The predicted octanol–water partition coefficient (Wildman–Crippen LogP) is 3.91. The van der Waals surface area contributed by atoms with E-state index in [0.29, 0.717) is 0 Å². The van der Waals surface area contributed by atoms with Gasteiger partial charge in [-0.15, -0.1) is 0 Å². The van der Waals surface area contributed by atoms with Crippen LogP contribution in [0.25, 0.3) is 5.69 Å². The Labute approximate surface area is 135 Å². The van der Waals surface area contributed by atoms with E-state index in [1.54, 1.807) is 6.26 Å². The number of hydrogen-bond donors (Lipinski definition) is 0. The summed E-state index contributed by atoms with van der Waals surface area (Å²) >= 11 is 0. The summed E-state index contributed by atoms with van der Waals surface area (Å²) in [6, 6.07) is 14.6. The molecule has 1 aliphatic heterocycles. The van der Waals surface area contributed by atoms with E-state index in [2.05, 4.69) is 59.1 Å². The second kappa shape index (κ2) is 6.07. The standard InChI is InChI=1S/C19H20N2O2/c1-15-4-2-5-17(12-15)20-8-7-16(13-20)19-21(9-11-23-19)14-18-6-3-10-22-18/h2-8,10,12-13,19H,9,11,14H2,1H3/t19-/m1/s1. The molecule has 0 unspecified atom stereocenters. The summed E-state index contributed by atoms with van der Waals surface area (Å²) in [5.41, 5.74) is 3.61. The molecule has 4 nitrogen and oxygen atoms in total. The highest BCUT2D eigenvalue weighted by atomic mass is 16.5. The Morgan fingerprint density at radius 2 is 2.13 bits per heavy atom. The SMILES string of the molecule is Cc1cccc(-n2ccc([C@H]3OCCN3Cc3ccco3)c2)c1. The summed E-state index contributed by atoms with van der Waals surface area (Å²) in [5, 5.41) is 0. The fourth-order valence-electron chi connectivity index (χ4n) is 3.08. The van der Waals surface area contributed by atoms with Crippen molar-refractivity contribution in [1.29, 1.82) is 0 Å². The van der Waals surface area contributed by atoms with Crippen LogP contribution in [0.1, 0.15) is 23.1 Å². The molecule has 3 aromatic rings. The molecule has 0 bridgehead atoms. The Hall–Kier alpha value is -2.30. The maximum absolute atomic E-state index is 5.94. The molecule has 1 aromatic carbocycles. The number of nitrogens with zero attached hydrogens (tertiary/aromatic N) is 2. The van der Waals surface area contributed by atoms with Gasteiger partial charge in [-0.2, -0.15) is 0 Å². The van der Waals surface area contributed by atoms with E-state index >= 15 is 0 Å². The van der Waals surface area contributed by atoms with E-state index in [0.717, 1.165) is 25.5 Å². The minimum absolute atomic E-state index is 0.00819. The Morgan fingerprint density at radius 3 is 2.96 bits per heavy atom. The van der Waals surface area contributed by atoms with Gasteiger partial charge in [0.2, 0.25) is 0 Å². The van der Waals surface area contributed by atoms with Crippen LogP contribution in [0, 0.1) is 6.92 Å². The van der Waals surface area contributed by atoms with Crippen molar-refractivity contribution in [3.8, 4) is 5.69 Å². The van der Waals surface area contributed by atoms with Gasteiger partial charge in [0.15, 0.2) is 0 Å². The number of benzene rings is 1. The molecule has 0 N–H and O–H groups in total. The Morgan fingerprint density at radius 1 is 1.17 bits per heavy atom. The fourth-order valence-corrected chi connectivity index (χ4v) is 3.08. The van der Waals surface area contributed by atoms with E-state index in [9.17, 15) is 0 Å².